The van der Waals surface area contributed by atoms with Gasteiger partial charge in [0.25, 0.3) is 0 Å². The Bertz CT molecular complexity index is 468. The van der Waals surface area contributed by atoms with Crippen molar-refractivity contribution in [2.24, 2.45) is 11.8 Å². The van der Waals surface area contributed by atoms with Crippen LogP contribution in [-0.4, -0.2) is 58.3 Å². The topological polar surface area (TPSA) is 60.8 Å². The van der Waals surface area contributed by atoms with Crippen molar-refractivity contribution in [2.75, 3.05) is 32.1 Å². The highest BCUT2D eigenvalue weighted by atomic mass is 32.2. The number of benzene rings is 1. The third-order valence-corrected chi connectivity index (χ3v) is 5.57. The summed E-state index contributed by atoms with van der Waals surface area (Å²) in [6, 6.07) is 9.35. The van der Waals surface area contributed by atoms with Gasteiger partial charge in [-0.15, -0.1) is 11.8 Å². The van der Waals surface area contributed by atoms with Crippen LogP contribution in [0, 0.1) is 11.8 Å². The average molecular weight is 323 g/mol. The average Bonchev–Trinajstić information content (AvgIpc) is 3.01. The molecule has 1 fully saturated rings. The standard InChI is InChI=1S/C17H25NO3S/c1-13(11-19)9-15(12-20)17-18(7-8-22-17)10-16(21)14-5-3-2-4-6-14/h2-6,13,15,17,19-20H,7-12H2,1H3. The summed E-state index contributed by atoms with van der Waals surface area (Å²) in [7, 11) is 0. The number of thioether (sulfide) groups is 1. The molecule has 0 aliphatic carbocycles. The molecule has 2 rings (SSSR count). The molecular formula is C17H25NO3S. The van der Waals surface area contributed by atoms with Crippen molar-refractivity contribution in [3.63, 3.8) is 0 Å². The first-order chi connectivity index (χ1) is 10.7. The predicted molar refractivity (Wildman–Crippen MR) is 90.0 cm³/mol. The van der Waals surface area contributed by atoms with Crippen LogP contribution in [0.3, 0.4) is 0 Å². The molecule has 5 heteroatoms. The lowest BCUT2D eigenvalue weighted by Crippen LogP contribution is -2.40. The van der Waals surface area contributed by atoms with Gasteiger partial charge in [-0.3, -0.25) is 9.69 Å². The van der Waals surface area contributed by atoms with Gasteiger partial charge in [0.1, 0.15) is 0 Å². The fourth-order valence-electron chi connectivity index (χ4n) is 2.90. The van der Waals surface area contributed by atoms with Crippen molar-refractivity contribution < 1.29 is 15.0 Å². The molecule has 122 valence electrons. The van der Waals surface area contributed by atoms with Crippen LogP contribution in [0.2, 0.25) is 0 Å². The number of carbonyl (C=O) groups excluding carboxylic acids is 1. The molecule has 0 radical (unpaired) electrons. The number of hydrogen-bond donors (Lipinski definition) is 2. The van der Waals surface area contributed by atoms with Crippen molar-refractivity contribution in [3.05, 3.63) is 35.9 Å². The highest BCUT2D eigenvalue weighted by molar-refractivity contribution is 8.00. The van der Waals surface area contributed by atoms with Crippen LogP contribution in [0.1, 0.15) is 23.7 Å². The third kappa shape index (κ3) is 4.56. The van der Waals surface area contributed by atoms with E-state index in [2.05, 4.69) is 4.90 Å². The highest BCUT2D eigenvalue weighted by Crippen LogP contribution is 2.33. The minimum atomic E-state index is 0.0953. The van der Waals surface area contributed by atoms with Crippen LogP contribution in [-0.2, 0) is 0 Å². The highest BCUT2D eigenvalue weighted by Gasteiger charge is 2.33. The smallest absolute Gasteiger partial charge is 0.176 e. The molecule has 1 aromatic carbocycles. The number of hydrogen-bond acceptors (Lipinski definition) is 5. The van der Waals surface area contributed by atoms with E-state index in [-0.39, 0.29) is 36.2 Å². The van der Waals surface area contributed by atoms with E-state index >= 15 is 0 Å². The van der Waals surface area contributed by atoms with Crippen LogP contribution in [0.5, 0.6) is 0 Å². The van der Waals surface area contributed by atoms with E-state index in [0.717, 1.165) is 24.3 Å². The Hall–Kier alpha value is -0.880. The second kappa shape index (κ2) is 8.67. The molecule has 1 saturated heterocycles. The van der Waals surface area contributed by atoms with Crippen LogP contribution in [0.25, 0.3) is 0 Å². The summed E-state index contributed by atoms with van der Waals surface area (Å²) in [5, 5.41) is 19.1. The fourth-order valence-corrected chi connectivity index (χ4v) is 4.34. The lowest BCUT2D eigenvalue weighted by Gasteiger charge is -2.30. The third-order valence-electron chi connectivity index (χ3n) is 4.12. The van der Waals surface area contributed by atoms with Crippen molar-refractivity contribution >= 4 is 17.5 Å². The second-order valence-electron chi connectivity index (χ2n) is 5.99. The predicted octanol–water partition coefficient (Wildman–Crippen LogP) is 1.87. The Labute approximate surface area is 136 Å². The van der Waals surface area contributed by atoms with E-state index in [0.29, 0.717) is 6.54 Å². The molecule has 1 aliphatic heterocycles. The van der Waals surface area contributed by atoms with Gasteiger partial charge in [0, 0.05) is 37.0 Å². The maximum absolute atomic E-state index is 12.4. The molecule has 2 N–H and O–H groups in total. The van der Waals surface area contributed by atoms with Gasteiger partial charge in [0.15, 0.2) is 5.78 Å². The molecule has 1 aliphatic rings. The number of nitrogens with zero attached hydrogens (tertiary/aromatic N) is 1. The monoisotopic (exact) mass is 323 g/mol. The minimum absolute atomic E-state index is 0.0953. The zero-order valence-electron chi connectivity index (χ0n) is 13.0. The molecule has 4 nitrogen and oxygen atoms in total. The fraction of sp³-hybridized carbons (Fsp3) is 0.588. The summed E-state index contributed by atoms with van der Waals surface area (Å²) in [6.45, 7) is 3.49. The number of Topliss-reactive ketones (excluding diaryl/α,β-unsaturated/α-hetero) is 1. The van der Waals surface area contributed by atoms with E-state index in [1.54, 1.807) is 11.8 Å². The van der Waals surface area contributed by atoms with Gasteiger partial charge in [-0.2, -0.15) is 0 Å². The maximum Gasteiger partial charge on any atom is 0.176 e. The summed E-state index contributed by atoms with van der Waals surface area (Å²) in [5.74, 6) is 1.37. The first kappa shape index (κ1) is 17.5. The molecule has 0 bridgehead atoms. The summed E-state index contributed by atoms with van der Waals surface area (Å²) in [6.07, 6.45) is 0.778. The van der Waals surface area contributed by atoms with Gasteiger partial charge in [-0.25, -0.2) is 0 Å². The number of aliphatic hydroxyl groups is 2. The van der Waals surface area contributed by atoms with Gasteiger partial charge >= 0.3 is 0 Å². The minimum Gasteiger partial charge on any atom is -0.396 e. The van der Waals surface area contributed by atoms with Crippen LogP contribution >= 0.6 is 11.8 Å². The van der Waals surface area contributed by atoms with Crippen molar-refractivity contribution in [3.8, 4) is 0 Å². The second-order valence-corrected chi connectivity index (χ2v) is 7.21. The number of carbonyl (C=O) groups is 1. The van der Waals surface area contributed by atoms with Gasteiger partial charge in [0.05, 0.1) is 11.9 Å². The quantitative estimate of drug-likeness (QED) is 0.715. The van der Waals surface area contributed by atoms with Crippen molar-refractivity contribution in [1.29, 1.82) is 0 Å². The molecule has 1 heterocycles. The Morgan fingerprint density at radius 1 is 1.32 bits per heavy atom. The van der Waals surface area contributed by atoms with Crippen molar-refractivity contribution in [1.82, 2.24) is 4.90 Å². The summed E-state index contributed by atoms with van der Waals surface area (Å²) in [5.41, 5.74) is 0.738. The normalized spacial score (nSPS) is 21.7. The molecular weight excluding hydrogens is 298 g/mol. The van der Waals surface area contributed by atoms with Gasteiger partial charge in [0.2, 0.25) is 0 Å². The van der Waals surface area contributed by atoms with Crippen LogP contribution in [0.4, 0.5) is 0 Å². The van der Waals surface area contributed by atoms with Crippen molar-refractivity contribution in [2.45, 2.75) is 18.7 Å². The Morgan fingerprint density at radius 2 is 2.05 bits per heavy atom. The van der Waals surface area contributed by atoms with E-state index in [1.807, 2.05) is 37.3 Å². The molecule has 22 heavy (non-hydrogen) atoms. The SMILES string of the molecule is CC(CO)CC(CO)C1SCCN1CC(=O)c1ccccc1. The molecule has 3 unspecified atom stereocenters. The Balaban J connectivity index is 1.99. The largest absolute Gasteiger partial charge is 0.396 e. The van der Waals surface area contributed by atoms with E-state index in [9.17, 15) is 15.0 Å². The molecule has 0 amide bonds. The lowest BCUT2D eigenvalue weighted by molar-refractivity contribution is 0.0866. The first-order valence-corrected chi connectivity index (χ1v) is 8.86. The first-order valence-electron chi connectivity index (χ1n) is 7.81. The van der Waals surface area contributed by atoms with E-state index in [1.165, 1.54) is 0 Å². The number of aliphatic hydroxyl groups excluding tert-OH is 2. The zero-order valence-corrected chi connectivity index (χ0v) is 13.8. The summed E-state index contributed by atoms with van der Waals surface area (Å²) < 4.78 is 0. The summed E-state index contributed by atoms with van der Waals surface area (Å²) in [4.78, 5) is 14.6. The van der Waals surface area contributed by atoms with Gasteiger partial charge in [-0.05, 0) is 12.3 Å². The summed E-state index contributed by atoms with van der Waals surface area (Å²) >= 11 is 1.80. The molecule has 0 aromatic heterocycles. The van der Waals surface area contributed by atoms with Gasteiger partial charge in [-0.1, -0.05) is 37.3 Å². The zero-order chi connectivity index (χ0) is 15.9. The van der Waals surface area contributed by atoms with Gasteiger partial charge < -0.3 is 10.2 Å². The number of rotatable bonds is 8. The molecule has 0 spiro atoms. The van der Waals surface area contributed by atoms with E-state index in [4.69, 9.17) is 0 Å². The Kier molecular flexibility index (Phi) is 6.89. The molecule has 1 aromatic rings. The number of ketones is 1. The van der Waals surface area contributed by atoms with E-state index < -0.39 is 0 Å². The maximum atomic E-state index is 12.4. The Morgan fingerprint density at radius 3 is 2.68 bits per heavy atom. The molecule has 0 saturated carbocycles. The molecule has 3 atom stereocenters. The van der Waals surface area contributed by atoms with Crippen LogP contribution < -0.4 is 0 Å². The lowest BCUT2D eigenvalue weighted by atomic mass is 9.96. The van der Waals surface area contributed by atoms with Crippen LogP contribution in [0.15, 0.2) is 30.3 Å².